The molecule has 0 amide bonds. The molecule has 0 radical (unpaired) electrons. The van der Waals surface area contributed by atoms with Crippen molar-refractivity contribution in [3.8, 4) is 6.07 Å². The molecule has 0 spiro atoms. The van der Waals surface area contributed by atoms with Crippen molar-refractivity contribution in [1.29, 1.82) is 5.26 Å². The summed E-state index contributed by atoms with van der Waals surface area (Å²) in [6, 6.07) is 9.69. The number of nitrogens with one attached hydrogen (secondary N) is 1. The Morgan fingerprint density at radius 3 is 3.06 bits per heavy atom. The van der Waals surface area contributed by atoms with Crippen LogP contribution in [0.1, 0.15) is 30.0 Å². The van der Waals surface area contributed by atoms with Gasteiger partial charge in [-0.1, -0.05) is 6.07 Å². The van der Waals surface area contributed by atoms with Gasteiger partial charge < -0.3 is 9.73 Å². The molecule has 86 valence electrons. The second-order valence-corrected chi connectivity index (χ2v) is 3.74. The van der Waals surface area contributed by atoms with Gasteiger partial charge in [-0.15, -0.1) is 0 Å². The summed E-state index contributed by atoms with van der Waals surface area (Å²) in [4.78, 5) is 4.01. The molecule has 4 heteroatoms. The molecule has 0 aliphatic rings. The molecular formula is C13H13N3O. The highest BCUT2D eigenvalue weighted by Crippen LogP contribution is 2.13. The van der Waals surface area contributed by atoms with Crippen LogP contribution < -0.4 is 5.32 Å². The quantitative estimate of drug-likeness (QED) is 0.871. The maximum Gasteiger partial charge on any atom is 0.144 e. The predicted molar refractivity (Wildman–Crippen MR) is 62.9 cm³/mol. The second-order valence-electron chi connectivity index (χ2n) is 3.74. The van der Waals surface area contributed by atoms with E-state index in [-0.39, 0.29) is 6.04 Å². The molecule has 0 bridgehead atoms. The van der Waals surface area contributed by atoms with E-state index in [2.05, 4.69) is 16.4 Å². The molecule has 0 fully saturated rings. The Morgan fingerprint density at radius 1 is 1.47 bits per heavy atom. The third-order valence-corrected chi connectivity index (χ3v) is 2.57. The number of nitrogens with zero attached hydrogens (tertiary/aromatic N) is 2. The van der Waals surface area contributed by atoms with Gasteiger partial charge in [-0.2, -0.15) is 5.26 Å². The van der Waals surface area contributed by atoms with Crippen molar-refractivity contribution < 1.29 is 4.42 Å². The lowest BCUT2D eigenvalue weighted by atomic mass is 10.2. The van der Waals surface area contributed by atoms with E-state index < -0.39 is 0 Å². The fraction of sp³-hybridized carbons (Fsp3) is 0.231. The number of pyridine rings is 1. The first-order chi connectivity index (χ1) is 8.31. The van der Waals surface area contributed by atoms with Crippen LogP contribution in [0, 0.1) is 11.3 Å². The third-order valence-electron chi connectivity index (χ3n) is 2.57. The van der Waals surface area contributed by atoms with Crippen LogP contribution >= 0.6 is 0 Å². The summed E-state index contributed by atoms with van der Waals surface area (Å²) < 4.78 is 5.30. The molecule has 0 saturated carbocycles. The highest BCUT2D eigenvalue weighted by atomic mass is 16.3. The minimum atomic E-state index is 0.108. The molecule has 0 aliphatic heterocycles. The first-order valence-electron chi connectivity index (χ1n) is 5.42. The molecule has 2 rings (SSSR count). The van der Waals surface area contributed by atoms with E-state index in [0.717, 1.165) is 11.3 Å². The monoisotopic (exact) mass is 227 g/mol. The molecule has 2 aromatic heterocycles. The van der Waals surface area contributed by atoms with Crippen LogP contribution in [0.2, 0.25) is 0 Å². The lowest BCUT2D eigenvalue weighted by Crippen LogP contribution is -2.18. The number of aromatic nitrogens is 1. The standard InChI is InChI=1S/C13H13N3O/c1-10(13-5-3-7-17-13)16-9-11-4-2-6-15-12(11)8-14/h2-7,10,16H,9H2,1H3. The molecule has 0 aliphatic carbocycles. The molecule has 0 saturated heterocycles. The van der Waals surface area contributed by atoms with Crippen molar-refractivity contribution in [1.82, 2.24) is 10.3 Å². The highest BCUT2D eigenvalue weighted by molar-refractivity contribution is 5.30. The van der Waals surface area contributed by atoms with Crippen LogP contribution in [-0.4, -0.2) is 4.98 Å². The van der Waals surface area contributed by atoms with Gasteiger partial charge in [0.05, 0.1) is 12.3 Å². The summed E-state index contributed by atoms with van der Waals surface area (Å²) in [5.41, 5.74) is 1.36. The van der Waals surface area contributed by atoms with Gasteiger partial charge >= 0.3 is 0 Å². The number of furan rings is 1. The van der Waals surface area contributed by atoms with E-state index in [1.54, 1.807) is 12.5 Å². The zero-order valence-corrected chi connectivity index (χ0v) is 9.55. The SMILES string of the molecule is CC(NCc1cccnc1C#N)c1ccco1. The fourth-order valence-electron chi connectivity index (χ4n) is 1.58. The van der Waals surface area contributed by atoms with Gasteiger partial charge in [0.1, 0.15) is 17.5 Å². The largest absolute Gasteiger partial charge is 0.468 e. The molecule has 2 aromatic rings. The van der Waals surface area contributed by atoms with Gasteiger partial charge in [-0.25, -0.2) is 4.98 Å². The highest BCUT2D eigenvalue weighted by Gasteiger charge is 2.08. The summed E-state index contributed by atoms with van der Waals surface area (Å²) in [5, 5.41) is 12.2. The average Bonchev–Trinajstić information content (AvgIpc) is 2.90. The molecule has 1 atom stereocenters. The third kappa shape index (κ3) is 2.71. The zero-order chi connectivity index (χ0) is 12.1. The molecule has 0 aromatic carbocycles. The molecule has 17 heavy (non-hydrogen) atoms. The molecule has 1 N–H and O–H groups in total. The van der Waals surface area contributed by atoms with Crippen molar-refractivity contribution in [3.05, 3.63) is 53.7 Å². The molecule has 1 unspecified atom stereocenters. The van der Waals surface area contributed by atoms with Crippen LogP contribution in [0.3, 0.4) is 0 Å². The van der Waals surface area contributed by atoms with Gasteiger partial charge in [-0.05, 0) is 25.1 Å². The Morgan fingerprint density at radius 2 is 2.35 bits per heavy atom. The summed E-state index contributed by atoms with van der Waals surface area (Å²) in [6.45, 7) is 2.61. The van der Waals surface area contributed by atoms with Crippen LogP contribution in [0.15, 0.2) is 41.1 Å². The zero-order valence-electron chi connectivity index (χ0n) is 9.55. The van der Waals surface area contributed by atoms with E-state index in [1.807, 2.05) is 31.2 Å². The van der Waals surface area contributed by atoms with Gasteiger partial charge in [0, 0.05) is 18.3 Å². The van der Waals surface area contributed by atoms with Crippen molar-refractivity contribution in [2.45, 2.75) is 19.5 Å². The second kappa shape index (κ2) is 5.28. The molecular weight excluding hydrogens is 214 g/mol. The van der Waals surface area contributed by atoms with Crippen molar-refractivity contribution >= 4 is 0 Å². The Labute approximate surface area is 99.9 Å². The van der Waals surface area contributed by atoms with Crippen LogP contribution in [0.25, 0.3) is 0 Å². The fourth-order valence-corrected chi connectivity index (χ4v) is 1.58. The number of nitriles is 1. The summed E-state index contributed by atoms with van der Waals surface area (Å²) in [5.74, 6) is 0.882. The van der Waals surface area contributed by atoms with E-state index >= 15 is 0 Å². The van der Waals surface area contributed by atoms with Gasteiger partial charge in [0.2, 0.25) is 0 Å². The first-order valence-corrected chi connectivity index (χ1v) is 5.42. The van der Waals surface area contributed by atoms with E-state index in [9.17, 15) is 0 Å². The Hall–Kier alpha value is -2.12. The van der Waals surface area contributed by atoms with Crippen molar-refractivity contribution in [3.63, 3.8) is 0 Å². The van der Waals surface area contributed by atoms with Crippen molar-refractivity contribution in [2.75, 3.05) is 0 Å². The van der Waals surface area contributed by atoms with Gasteiger partial charge in [-0.3, -0.25) is 0 Å². The minimum Gasteiger partial charge on any atom is -0.468 e. The number of hydrogen-bond donors (Lipinski definition) is 1. The Bertz CT molecular complexity index is 514. The van der Waals surface area contributed by atoms with E-state index in [0.29, 0.717) is 12.2 Å². The van der Waals surface area contributed by atoms with Crippen LogP contribution in [0.5, 0.6) is 0 Å². The van der Waals surface area contributed by atoms with Crippen LogP contribution in [0.4, 0.5) is 0 Å². The Balaban J connectivity index is 2.01. The normalized spacial score (nSPS) is 12.0. The Kier molecular flexibility index (Phi) is 3.53. The molecule has 2 heterocycles. The maximum atomic E-state index is 8.91. The van der Waals surface area contributed by atoms with Crippen molar-refractivity contribution in [2.24, 2.45) is 0 Å². The smallest absolute Gasteiger partial charge is 0.144 e. The predicted octanol–water partition coefficient (Wildman–Crippen LogP) is 2.40. The summed E-state index contributed by atoms with van der Waals surface area (Å²) in [7, 11) is 0. The number of hydrogen-bond acceptors (Lipinski definition) is 4. The summed E-state index contributed by atoms with van der Waals surface area (Å²) in [6.07, 6.45) is 3.27. The van der Waals surface area contributed by atoms with Gasteiger partial charge in [0.15, 0.2) is 0 Å². The van der Waals surface area contributed by atoms with Crippen LogP contribution in [-0.2, 0) is 6.54 Å². The maximum absolute atomic E-state index is 8.91. The molecule has 4 nitrogen and oxygen atoms in total. The van der Waals surface area contributed by atoms with Gasteiger partial charge in [0.25, 0.3) is 0 Å². The average molecular weight is 227 g/mol. The summed E-state index contributed by atoms with van der Waals surface area (Å²) >= 11 is 0. The number of rotatable bonds is 4. The minimum absolute atomic E-state index is 0.108. The van der Waals surface area contributed by atoms with E-state index in [4.69, 9.17) is 9.68 Å². The van der Waals surface area contributed by atoms with E-state index in [1.165, 1.54) is 0 Å². The lowest BCUT2D eigenvalue weighted by Gasteiger charge is -2.11. The topological polar surface area (TPSA) is 61.9 Å². The first kappa shape index (κ1) is 11.4. The lowest BCUT2D eigenvalue weighted by molar-refractivity contribution is 0.430.